The Labute approximate surface area is 174 Å². The zero-order chi connectivity index (χ0) is 21.0. The summed E-state index contributed by atoms with van der Waals surface area (Å²) in [5, 5.41) is 7.05. The van der Waals surface area contributed by atoms with E-state index in [9.17, 15) is 13.2 Å². The lowest BCUT2D eigenvalue weighted by Crippen LogP contribution is -2.40. The van der Waals surface area contributed by atoms with Crippen molar-refractivity contribution in [3.05, 3.63) is 72.2 Å². The quantitative estimate of drug-likeness (QED) is 0.640. The summed E-state index contributed by atoms with van der Waals surface area (Å²) in [5.74, 6) is -0.0429. The van der Waals surface area contributed by atoms with Crippen molar-refractivity contribution in [3.8, 4) is 0 Å². The standard InChI is InChI=1S/C20H21N5O4S/c26-20(22-19-6-9-24(23-19)15-16-4-7-21-8-5-16)17-2-1-3-18(14-17)30(27,28)25-10-12-29-13-11-25/h1-9,14H,10-13,15H2,(H,22,23,26). The Bertz CT molecular complexity index is 1120. The number of carbonyl (C=O) groups excluding carboxylic acids is 1. The topological polar surface area (TPSA) is 106 Å². The Hall–Kier alpha value is -3.08. The normalized spacial score (nSPS) is 15.1. The predicted octanol–water partition coefficient (Wildman–Crippen LogP) is 1.60. The molecule has 2 aromatic heterocycles. The van der Waals surface area contributed by atoms with Crippen molar-refractivity contribution < 1.29 is 17.9 Å². The van der Waals surface area contributed by atoms with E-state index in [-0.39, 0.29) is 10.5 Å². The molecule has 1 aromatic carbocycles. The lowest BCUT2D eigenvalue weighted by atomic mass is 10.2. The summed E-state index contributed by atoms with van der Waals surface area (Å²) < 4.78 is 33.9. The first-order chi connectivity index (χ1) is 14.5. The van der Waals surface area contributed by atoms with Gasteiger partial charge in [0.2, 0.25) is 10.0 Å². The lowest BCUT2D eigenvalue weighted by Gasteiger charge is -2.26. The summed E-state index contributed by atoms with van der Waals surface area (Å²) in [6.07, 6.45) is 5.17. The summed E-state index contributed by atoms with van der Waals surface area (Å²) in [7, 11) is -3.67. The van der Waals surface area contributed by atoms with E-state index in [4.69, 9.17) is 4.74 Å². The molecule has 0 saturated carbocycles. The molecule has 9 nitrogen and oxygen atoms in total. The van der Waals surface area contributed by atoms with E-state index in [2.05, 4.69) is 15.4 Å². The second-order valence-corrected chi connectivity index (χ2v) is 8.69. The molecule has 4 rings (SSSR count). The number of hydrogen-bond acceptors (Lipinski definition) is 6. The van der Waals surface area contributed by atoms with Crippen LogP contribution in [0.1, 0.15) is 15.9 Å². The maximum absolute atomic E-state index is 12.8. The van der Waals surface area contributed by atoms with Gasteiger partial charge in [-0.25, -0.2) is 8.42 Å². The van der Waals surface area contributed by atoms with Crippen LogP contribution in [-0.4, -0.2) is 59.7 Å². The number of benzene rings is 1. The first kappa shape index (κ1) is 20.2. The van der Waals surface area contributed by atoms with Crippen molar-refractivity contribution in [2.45, 2.75) is 11.4 Å². The highest BCUT2D eigenvalue weighted by atomic mass is 32.2. The zero-order valence-electron chi connectivity index (χ0n) is 16.1. The van der Waals surface area contributed by atoms with Crippen LogP contribution in [0.2, 0.25) is 0 Å². The molecule has 0 bridgehead atoms. The van der Waals surface area contributed by atoms with Crippen molar-refractivity contribution in [1.29, 1.82) is 0 Å². The van der Waals surface area contributed by atoms with Gasteiger partial charge < -0.3 is 10.1 Å². The third-order valence-corrected chi connectivity index (χ3v) is 6.57. The summed E-state index contributed by atoms with van der Waals surface area (Å²) in [6, 6.07) is 11.5. The number of sulfonamides is 1. The first-order valence-corrected chi connectivity index (χ1v) is 10.9. The van der Waals surface area contributed by atoms with E-state index in [0.717, 1.165) is 5.56 Å². The minimum atomic E-state index is -3.67. The maximum atomic E-state index is 12.8. The van der Waals surface area contributed by atoms with Gasteiger partial charge >= 0.3 is 0 Å². The van der Waals surface area contributed by atoms with Crippen LogP contribution in [0.4, 0.5) is 5.82 Å². The molecular weight excluding hydrogens is 406 g/mol. The van der Waals surface area contributed by atoms with E-state index in [1.54, 1.807) is 41.5 Å². The minimum absolute atomic E-state index is 0.0836. The molecule has 3 aromatic rings. The van der Waals surface area contributed by atoms with Crippen molar-refractivity contribution in [1.82, 2.24) is 19.1 Å². The summed E-state index contributed by atoms with van der Waals surface area (Å²) in [6.45, 7) is 1.87. The van der Waals surface area contributed by atoms with Crippen LogP contribution in [0.15, 0.2) is 66.0 Å². The second kappa shape index (κ2) is 8.74. The molecule has 0 radical (unpaired) electrons. The average Bonchev–Trinajstić information content (AvgIpc) is 3.21. The second-order valence-electron chi connectivity index (χ2n) is 6.75. The number of amides is 1. The van der Waals surface area contributed by atoms with Crippen molar-refractivity contribution in [2.24, 2.45) is 0 Å². The number of nitrogens with zero attached hydrogens (tertiary/aromatic N) is 4. The molecule has 1 aliphatic heterocycles. The fourth-order valence-corrected chi connectivity index (χ4v) is 4.57. The highest BCUT2D eigenvalue weighted by Crippen LogP contribution is 2.19. The number of rotatable bonds is 6. The Morgan fingerprint density at radius 2 is 1.87 bits per heavy atom. The van der Waals surface area contributed by atoms with Crippen molar-refractivity contribution >= 4 is 21.7 Å². The number of hydrogen-bond donors (Lipinski definition) is 1. The van der Waals surface area contributed by atoms with Crippen molar-refractivity contribution in [3.63, 3.8) is 0 Å². The van der Waals surface area contributed by atoms with Crippen LogP contribution >= 0.6 is 0 Å². The smallest absolute Gasteiger partial charge is 0.256 e. The fourth-order valence-electron chi connectivity index (χ4n) is 3.11. The Morgan fingerprint density at radius 3 is 2.63 bits per heavy atom. The van der Waals surface area contributed by atoms with Gasteiger partial charge in [0.05, 0.1) is 24.7 Å². The molecule has 1 aliphatic rings. The summed E-state index contributed by atoms with van der Waals surface area (Å²) >= 11 is 0. The van der Waals surface area contributed by atoms with Crippen LogP contribution in [0.25, 0.3) is 0 Å². The number of anilines is 1. The number of morpholine rings is 1. The van der Waals surface area contributed by atoms with E-state index in [1.165, 1.54) is 16.4 Å². The van der Waals surface area contributed by atoms with E-state index in [0.29, 0.717) is 38.7 Å². The average molecular weight is 427 g/mol. The number of aromatic nitrogens is 3. The molecular formula is C20H21N5O4S. The zero-order valence-corrected chi connectivity index (χ0v) is 17.0. The maximum Gasteiger partial charge on any atom is 0.256 e. The Kier molecular flexibility index (Phi) is 5.88. The first-order valence-electron chi connectivity index (χ1n) is 9.44. The number of pyridine rings is 1. The molecule has 156 valence electrons. The number of nitrogens with one attached hydrogen (secondary N) is 1. The molecule has 1 N–H and O–H groups in total. The summed E-state index contributed by atoms with van der Waals surface area (Å²) in [5.41, 5.74) is 1.28. The monoisotopic (exact) mass is 427 g/mol. The largest absolute Gasteiger partial charge is 0.379 e. The molecule has 1 fully saturated rings. The molecule has 0 unspecified atom stereocenters. The lowest BCUT2D eigenvalue weighted by molar-refractivity contribution is 0.0730. The highest BCUT2D eigenvalue weighted by Gasteiger charge is 2.26. The Balaban J connectivity index is 1.46. The minimum Gasteiger partial charge on any atom is -0.379 e. The van der Waals surface area contributed by atoms with Crippen LogP contribution < -0.4 is 5.32 Å². The summed E-state index contributed by atoms with van der Waals surface area (Å²) in [4.78, 5) is 16.7. The molecule has 3 heterocycles. The van der Waals surface area contributed by atoms with Gasteiger partial charge in [0.15, 0.2) is 5.82 Å². The third-order valence-electron chi connectivity index (χ3n) is 4.68. The number of carbonyl (C=O) groups is 1. The van der Waals surface area contributed by atoms with Gasteiger partial charge in [0.25, 0.3) is 5.91 Å². The molecule has 1 amide bonds. The molecule has 0 atom stereocenters. The van der Waals surface area contributed by atoms with Gasteiger partial charge in [-0.3, -0.25) is 14.5 Å². The highest BCUT2D eigenvalue weighted by molar-refractivity contribution is 7.89. The van der Waals surface area contributed by atoms with Gasteiger partial charge in [0.1, 0.15) is 0 Å². The molecule has 0 spiro atoms. The van der Waals surface area contributed by atoms with Crippen LogP contribution in [0, 0.1) is 0 Å². The van der Waals surface area contributed by atoms with Gasteiger partial charge in [-0.2, -0.15) is 9.40 Å². The molecule has 30 heavy (non-hydrogen) atoms. The van der Waals surface area contributed by atoms with Crippen molar-refractivity contribution in [2.75, 3.05) is 31.6 Å². The van der Waals surface area contributed by atoms with Crippen LogP contribution in [0.3, 0.4) is 0 Å². The predicted molar refractivity (Wildman–Crippen MR) is 110 cm³/mol. The van der Waals surface area contributed by atoms with E-state index in [1.807, 2.05) is 12.1 Å². The molecule has 0 aliphatic carbocycles. The number of ether oxygens (including phenoxy) is 1. The van der Waals surface area contributed by atoms with Gasteiger partial charge in [0, 0.05) is 43.3 Å². The van der Waals surface area contributed by atoms with E-state index >= 15 is 0 Å². The Morgan fingerprint density at radius 1 is 1.10 bits per heavy atom. The van der Waals surface area contributed by atoms with Gasteiger partial charge in [-0.1, -0.05) is 6.07 Å². The molecule has 10 heteroatoms. The van der Waals surface area contributed by atoms with E-state index < -0.39 is 15.9 Å². The fraction of sp³-hybridized carbons (Fsp3) is 0.250. The van der Waals surface area contributed by atoms with Gasteiger partial charge in [-0.05, 0) is 35.9 Å². The van der Waals surface area contributed by atoms with Crippen LogP contribution in [-0.2, 0) is 21.3 Å². The third kappa shape index (κ3) is 4.56. The van der Waals surface area contributed by atoms with Gasteiger partial charge in [-0.15, -0.1) is 0 Å². The SMILES string of the molecule is O=C(Nc1ccn(Cc2ccncc2)n1)c1cccc(S(=O)(=O)N2CCOCC2)c1. The molecule has 1 saturated heterocycles. The van der Waals surface area contributed by atoms with Crippen LogP contribution in [0.5, 0.6) is 0 Å².